The van der Waals surface area contributed by atoms with Crippen LogP contribution in [0, 0.1) is 11.8 Å². The molecule has 7 heteroatoms. The molecule has 2 aliphatic carbocycles. The zero-order chi connectivity index (χ0) is 19.8. The van der Waals surface area contributed by atoms with Crippen LogP contribution < -0.4 is 11.1 Å². The molecule has 2 amide bonds. The topological polar surface area (TPSA) is 109 Å². The van der Waals surface area contributed by atoms with Crippen molar-refractivity contribution < 1.29 is 19.5 Å². The van der Waals surface area contributed by atoms with Crippen molar-refractivity contribution in [3.05, 3.63) is 53.1 Å². The monoisotopic (exact) mass is 396 g/mol. The van der Waals surface area contributed by atoms with Gasteiger partial charge in [-0.1, -0.05) is 36.4 Å². The van der Waals surface area contributed by atoms with E-state index in [4.69, 9.17) is 5.73 Å². The lowest BCUT2D eigenvalue weighted by atomic mass is 9.82. The Hall–Kier alpha value is -2.93. The van der Waals surface area contributed by atoms with Gasteiger partial charge in [-0.15, -0.1) is 11.3 Å². The summed E-state index contributed by atoms with van der Waals surface area (Å²) >= 11 is 1.34. The van der Waals surface area contributed by atoms with Crippen LogP contribution in [0.5, 0.6) is 0 Å². The van der Waals surface area contributed by atoms with Crippen LogP contribution in [0.3, 0.4) is 0 Å². The molecule has 1 aromatic carbocycles. The average Bonchev–Trinajstić information content (AvgIpc) is 3.06. The zero-order valence-electron chi connectivity index (χ0n) is 15.1. The number of aliphatic carboxylic acids is 1. The van der Waals surface area contributed by atoms with Crippen molar-refractivity contribution in [2.75, 3.05) is 5.32 Å². The molecule has 4 rings (SSSR count). The number of benzene rings is 1. The van der Waals surface area contributed by atoms with E-state index in [0.29, 0.717) is 29.8 Å². The first-order valence-electron chi connectivity index (χ1n) is 9.19. The van der Waals surface area contributed by atoms with Crippen LogP contribution >= 0.6 is 11.3 Å². The maximum Gasteiger partial charge on any atom is 0.307 e. The standard InChI is InChI=1S/C21H20N2O4S/c22-18(24)16-15-10-9-11-5-1-2-6-12(11)17(15)28-20(16)23-19(25)13-7-3-4-8-14(13)21(26)27/h1-6,13-14H,7-10H2,(H2,22,24)(H,23,25)(H,26,27)/t13-,14+/m1/s1. The number of nitrogens with one attached hydrogen (secondary N) is 1. The molecule has 1 aromatic heterocycles. The molecule has 4 N–H and O–H groups in total. The minimum absolute atomic E-state index is 0.324. The fourth-order valence-electron chi connectivity index (χ4n) is 4.07. The van der Waals surface area contributed by atoms with Crippen molar-refractivity contribution in [3.63, 3.8) is 0 Å². The third-order valence-corrected chi connectivity index (χ3v) is 6.66. The van der Waals surface area contributed by atoms with E-state index >= 15 is 0 Å². The summed E-state index contributed by atoms with van der Waals surface area (Å²) in [6, 6.07) is 8.00. The molecule has 0 spiro atoms. The largest absolute Gasteiger partial charge is 0.481 e. The molecule has 0 saturated carbocycles. The number of allylic oxidation sites excluding steroid dienone is 2. The zero-order valence-corrected chi connectivity index (χ0v) is 15.9. The fraction of sp³-hybridized carbons (Fsp3) is 0.286. The van der Waals surface area contributed by atoms with Crippen LogP contribution in [0.25, 0.3) is 10.4 Å². The van der Waals surface area contributed by atoms with Gasteiger partial charge in [0.15, 0.2) is 0 Å². The van der Waals surface area contributed by atoms with Crippen LogP contribution in [-0.4, -0.2) is 22.9 Å². The Morgan fingerprint density at radius 2 is 1.79 bits per heavy atom. The Kier molecular flexibility index (Phi) is 4.77. The molecule has 0 saturated heterocycles. The molecule has 0 bridgehead atoms. The highest BCUT2D eigenvalue weighted by molar-refractivity contribution is 7.20. The van der Waals surface area contributed by atoms with Crippen molar-refractivity contribution in [1.29, 1.82) is 0 Å². The Balaban J connectivity index is 1.70. The summed E-state index contributed by atoms with van der Waals surface area (Å²) in [5.74, 6) is -3.39. The summed E-state index contributed by atoms with van der Waals surface area (Å²) in [7, 11) is 0. The summed E-state index contributed by atoms with van der Waals surface area (Å²) in [6.45, 7) is 0. The van der Waals surface area contributed by atoms with Crippen molar-refractivity contribution in [2.24, 2.45) is 17.6 Å². The molecule has 0 radical (unpaired) electrons. The molecule has 0 aliphatic heterocycles. The minimum atomic E-state index is -0.987. The van der Waals surface area contributed by atoms with Gasteiger partial charge in [0.1, 0.15) is 5.00 Å². The molecule has 0 unspecified atom stereocenters. The number of carboxylic acid groups (broad SMARTS) is 1. The number of nitrogens with two attached hydrogens (primary N) is 1. The van der Waals surface area contributed by atoms with E-state index in [1.54, 1.807) is 6.08 Å². The number of carbonyl (C=O) groups is 3. The van der Waals surface area contributed by atoms with Gasteiger partial charge in [0, 0.05) is 4.88 Å². The SMILES string of the molecule is NC(=O)c1c(NC(=O)[C@@H]2CC=CC[C@@H]2C(=O)O)sc2c1CCc1ccccc1-2. The van der Waals surface area contributed by atoms with E-state index in [2.05, 4.69) is 11.4 Å². The predicted octanol–water partition coefficient (Wildman–Crippen LogP) is 3.22. The molecule has 2 aromatic rings. The third kappa shape index (κ3) is 3.11. The highest BCUT2D eigenvalue weighted by atomic mass is 32.1. The lowest BCUT2D eigenvalue weighted by Gasteiger charge is -2.24. The van der Waals surface area contributed by atoms with Crippen molar-refractivity contribution >= 4 is 34.1 Å². The number of hydrogen-bond acceptors (Lipinski definition) is 4. The number of hydrogen-bond donors (Lipinski definition) is 3. The highest BCUT2D eigenvalue weighted by Crippen LogP contribution is 2.45. The quantitative estimate of drug-likeness (QED) is 0.689. The summed E-state index contributed by atoms with van der Waals surface area (Å²) in [5.41, 5.74) is 9.12. The summed E-state index contributed by atoms with van der Waals surface area (Å²) < 4.78 is 0. The lowest BCUT2D eigenvalue weighted by molar-refractivity contribution is -0.146. The third-order valence-electron chi connectivity index (χ3n) is 5.48. The molecular weight excluding hydrogens is 376 g/mol. The summed E-state index contributed by atoms with van der Waals surface area (Å²) in [6.07, 6.45) is 5.79. The second kappa shape index (κ2) is 7.24. The van der Waals surface area contributed by atoms with Crippen molar-refractivity contribution in [1.82, 2.24) is 0 Å². The molecule has 0 fully saturated rings. The number of thiophene rings is 1. The number of carboxylic acids is 1. The smallest absolute Gasteiger partial charge is 0.307 e. The van der Waals surface area contributed by atoms with E-state index in [-0.39, 0.29) is 5.91 Å². The number of amides is 2. The number of carbonyl (C=O) groups excluding carboxylic acids is 2. The molecule has 6 nitrogen and oxygen atoms in total. The van der Waals surface area contributed by atoms with E-state index in [1.807, 2.05) is 24.3 Å². The molecule has 2 atom stereocenters. The van der Waals surface area contributed by atoms with Gasteiger partial charge in [-0.3, -0.25) is 14.4 Å². The number of aryl methyl sites for hydroxylation is 1. The van der Waals surface area contributed by atoms with Crippen LogP contribution in [-0.2, 0) is 22.4 Å². The van der Waals surface area contributed by atoms with E-state index < -0.39 is 23.7 Å². The van der Waals surface area contributed by atoms with Crippen molar-refractivity contribution in [2.45, 2.75) is 25.7 Å². The van der Waals surface area contributed by atoms with Crippen LogP contribution in [0.4, 0.5) is 5.00 Å². The molecule has 2 aliphatic rings. The average molecular weight is 396 g/mol. The van der Waals surface area contributed by atoms with E-state index in [9.17, 15) is 19.5 Å². The molecular formula is C21H20N2O4S. The van der Waals surface area contributed by atoms with Crippen LogP contribution in [0.1, 0.15) is 34.3 Å². The molecule has 144 valence electrons. The Bertz CT molecular complexity index is 1010. The van der Waals surface area contributed by atoms with Gasteiger partial charge in [-0.05, 0) is 42.4 Å². The Morgan fingerprint density at radius 1 is 1.07 bits per heavy atom. The summed E-state index contributed by atoms with van der Waals surface area (Å²) in [4.78, 5) is 37.5. The Labute approximate surface area is 166 Å². The second-order valence-corrected chi connectivity index (χ2v) is 8.14. The number of rotatable bonds is 4. The van der Waals surface area contributed by atoms with Crippen LogP contribution in [0.15, 0.2) is 36.4 Å². The molecule has 28 heavy (non-hydrogen) atoms. The first-order valence-corrected chi connectivity index (χ1v) is 10.0. The predicted molar refractivity (Wildman–Crippen MR) is 107 cm³/mol. The fourth-order valence-corrected chi connectivity index (χ4v) is 5.39. The first kappa shape index (κ1) is 18.4. The first-order chi connectivity index (χ1) is 13.5. The van der Waals surface area contributed by atoms with E-state index in [1.165, 1.54) is 16.9 Å². The highest BCUT2D eigenvalue weighted by Gasteiger charge is 2.35. The second-order valence-electron chi connectivity index (χ2n) is 7.12. The molecule has 1 heterocycles. The maximum atomic E-state index is 12.9. The van der Waals surface area contributed by atoms with Gasteiger partial charge in [0.25, 0.3) is 5.91 Å². The number of fused-ring (bicyclic) bond motifs is 3. The van der Waals surface area contributed by atoms with Gasteiger partial charge in [0.05, 0.1) is 17.4 Å². The van der Waals surface area contributed by atoms with Crippen molar-refractivity contribution in [3.8, 4) is 10.4 Å². The summed E-state index contributed by atoms with van der Waals surface area (Å²) in [5, 5.41) is 12.7. The normalized spacial score (nSPS) is 20.1. The Morgan fingerprint density at radius 3 is 2.50 bits per heavy atom. The van der Waals surface area contributed by atoms with Gasteiger partial charge in [0.2, 0.25) is 5.91 Å². The van der Waals surface area contributed by atoms with Gasteiger partial charge >= 0.3 is 5.97 Å². The number of primary amides is 1. The van der Waals surface area contributed by atoms with Gasteiger partial charge in [-0.2, -0.15) is 0 Å². The lowest BCUT2D eigenvalue weighted by Crippen LogP contribution is -2.35. The van der Waals surface area contributed by atoms with E-state index in [0.717, 1.165) is 22.4 Å². The van der Waals surface area contributed by atoms with Gasteiger partial charge < -0.3 is 16.2 Å². The number of anilines is 1. The minimum Gasteiger partial charge on any atom is -0.481 e. The maximum absolute atomic E-state index is 12.9. The van der Waals surface area contributed by atoms with Gasteiger partial charge in [-0.25, -0.2) is 0 Å². The van der Waals surface area contributed by atoms with Crippen LogP contribution in [0.2, 0.25) is 0 Å².